The Balaban J connectivity index is 1.54. The fraction of sp³-hybridized carbons (Fsp3) is 0.412. The maximum atomic E-state index is 10.4. The van der Waals surface area contributed by atoms with Crippen molar-refractivity contribution >= 4 is 0 Å². The monoisotopic (exact) mass is 283 g/mol. The van der Waals surface area contributed by atoms with Crippen LogP contribution in [0, 0.1) is 5.92 Å². The SMILES string of the molecule is O[C@H]1CN(Cc2cnccn2)CC[C@@H]1Cc1ccccc1. The van der Waals surface area contributed by atoms with Gasteiger partial charge in [-0.1, -0.05) is 30.3 Å². The van der Waals surface area contributed by atoms with E-state index in [4.69, 9.17) is 0 Å². The molecule has 21 heavy (non-hydrogen) atoms. The minimum atomic E-state index is -0.268. The van der Waals surface area contributed by atoms with E-state index in [-0.39, 0.29) is 6.10 Å². The molecule has 3 rings (SSSR count). The lowest BCUT2D eigenvalue weighted by molar-refractivity contribution is 0.0182. The number of piperidine rings is 1. The average molecular weight is 283 g/mol. The van der Waals surface area contributed by atoms with Crippen LogP contribution < -0.4 is 0 Å². The molecule has 2 atom stereocenters. The summed E-state index contributed by atoms with van der Waals surface area (Å²) in [5, 5.41) is 10.4. The number of likely N-dealkylation sites (tertiary alicyclic amines) is 1. The predicted octanol–water partition coefficient (Wildman–Crippen LogP) is 1.90. The Morgan fingerprint density at radius 1 is 1.19 bits per heavy atom. The van der Waals surface area contributed by atoms with Gasteiger partial charge in [0.05, 0.1) is 11.8 Å². The highest BCUT2D eigenvalue weighted by Crippen LogP contribution is 2.23. The summed E-state index contributed by atoms with van der Waals surface area (Å²) in [5.41, 5.74) is 2.27. The summed E-state index contributed by atoms with van der Waals surface area (Å²) in [7, 11) is 0. The van der Waals surface area contributed by atoms with Crippen LogP contribution in [0.25, 0.3) is 0 Å². The van der Waals surface area contributed by atoms with E-state index in [1.54, 1.807) is 18.6 Å². The number of β-amino-alcohol motifs (C(OH)–C–C–N with tert-alkyl or cyclic N) is 1. The molecule has 1 N–H and O–H groups in total. The summed E-state index contributed by atoms with van der Waals surface area (Å²) in [6, 6.07) is 10.4. The van der Waals surface area contributed by atoms with E-state index in [2.05, 4.69) is 39.1 Å². The minimum Gasteiger partial charge on any atom is -0.391 e. The van der Waals surface area contributed by atoms with Crippen molar-refractivity contribution in [3.63, 3.8) is 0 Å². The number of aliphatic hydroxyl groups excluding tert-OH is 1. The summed E-state index contributed by atoms with van der Waals surface area (Å²) in [6.45, 7) is 2.49. The van der Waals surface area contributed by atoms with Crippen molar-refractivity contribution in [1.29, 1.82) is 0 Å². The van der Waals surface area contributed by atoms with Crippen LogP contribution in [0.1, 0.15) is 17.7 Å². The second kappa shape index (κ2) is 6.78. The van der Waals surface area contributed by atoms with Gasteiger partial charge in [0, 0.05) is 31.7 Å². The fourth-order valence-electron chi connectivity index (χ4n) is 2.98. The van der Waals surface area contributed by atoms with Crippen molar-refractivity contribution in [3.05, 3.63) is 60.2 Å². The van der Waals surface area contributed by atoms with Gasteiger partial charge in [0.1, 0.15) is 0 Å². The smallest absolute Gasteiger partial charge is 0.0726 e. The first-order valence-electron chi connectivity index (χ1n) is 7.50. The second-order valence-electron chi connectivity index (χ2n) is 5.74. The molecule has 110 valence electrons. The number of hydrogen-bond donors (Lipinski definition) is 1. The first-order chi connectivity index (χ1) is 10.3. The number of nitrogens with zero attached hydrogens (tertiary/aromatic N) is 3. The molecule has 0 spiro atoms. The summed E-state index contributed by atoms with van der Waals surface area (Å²) in [5.74, 6) is 0.352. The van der Waals surface area contributed by atoms with E-state index in [0.717, 1.165) is 31.6 Å². The van der Waals surface area contributed by atoms with Crippen molar-refractivity contribution in [2.45, 2.75) is 25.5 Å². The van der Waals surface area contributed by atoms with Crippen LogP contribution in [-0.2, 0) is 13.0 Å². The number of aromatic nitrogens is 2. The third-order valence-corrected chi connectivity index (χ3v) is 4.15. The van der Waals surface area contributed by atoms with Crippen LogP contribution in [0.3, 0.4) is 0 Å². The lowest BCUT2D eigenvalue weighted by Crippen LogP contribution is -2.44. The first-order valence-corrected chi connectivity index (χ1v) is 7.50. The molecule has 1 aliphatic rings. The molecule has 4 heteroatoms. The Hall–Kier alpha value is -1.78. The number of rotatable bonds is 4. The van der Waals surface area contributed by atoms with Crippen molar-refractivity contribution < 1.29 is 5.11 Å². The fourth-order valence-corrected chi connectivity index (χ4v) is 2.98. The lowest BCUT2D eigenvalue weighted by Gasteiger charge is -2.35. The van der Waals surface area contributed by atoms with E-state index >= 15 is 0 Å². The molecule has 1 aromatic heterocycles. The zero-order valence-corrected chi connectivity index (χ0v) is 12.1. The molecule has 2 aromatic rings. The van der Waals surface area contributed by atoms with Crippen molar-refractivity contribution in [2.24, 2.45) is 5.92 Å². The first kappa shape index (κ1) is 14.2. The predicted molar refractivity (Wildman–Crippen MR) is 81.6 cm³/mol. The van der Waals surface area contributed by atoms with Crippen LogP contribution in [0.4, 0.5) is 0 Å². The largest absolute Gasteiger partial charge is 0.391 e. The van der Waals surface area contributed by atoms with E-state index in [1.807, 2.05) is 6.07 Å². The van der Waals surface area contributed by atoms with Crippen LogP contribution in [0.2, 0.25) is 0 Å². The molecule has 1 aromatic carbocycles. The molecular weight excluding hydrogens is 262 g/mol. The molecule has 0 saturated carbocycles. The summed E-state index contributed by atoms with van der Waals surface area (Å²) in [4.78, 5) is 10.6. The van der Waals surface area contributed by atoms with Gasteiger partial charge in [0.2, 0.25) is 0 Å². The molecule has 1 aliphatic heterocycles. The normalized spacial score (nSPS) is 23.1. The number of hydrogen-bond acceptors (Lipinski definition) is 4. The molecular formula is C17H21N3O. The Morgan fingerprint density at radius 2 is 2.05 bits per heavy atom. The van der Waals surface area contributed by atoms with Gasteiger partial charge < -0.3 is 5.11 Å². The third kappa shape index (κ3) is 3.86. The van der Waals surface area contributed by atoms with Gasteiger partial charge in [-0.3, -0.25) is 14.9 Å². The van der Waals surface area contributed by atoms with Gasteiger partial charge >= 0.3 is 0 Å². The van der Waals surface area contributed by atoms with Gasteiger partial charge in [-0.25, -0.2) is 0 Å². The van der Waals surface area contributed by atoms with Crippen LogP contribution >= 0.6 is 0 Å². The van der Waals surface area contributed by atoms with E-state index in [9.17, 15) is 5.11 Å². The van der Waals surface area contributed by atoms with Gasteiger partial charge in [-0.05, 0) is 30.9 Å². The lowest BCUT2D eigenvalue weighted by atomic mass is 9.88. The molecule has 1 saturated heterocycles. The van der Waals surface area contributed by atoms with E-state index in [1.165, 1.54) is 5.56 Å². The second-order valence-corrected chi connectivity index (χ2v) is 5.74. The quantitative estimate of drug-likeness (QED) is 0.931. The molecule has 2 heterocycles. The highest BCUT2D eigenvalue weighted by atomic mass is 16.3. The molecule has 0 aliphatic carbocycles. The van der Waals surface area contributed by atoms with Crippen molar-refractivity contribution in [3.8, 4) is 0 Å². The Kier molecular flexibility index (Phi) is 4.58. The van der Waals surface area contributed by atoms with Gasteiger partial charge in [-0.15, -0.1) is 0 Å². The third-order valence-electron chi connectivity index (χ3n) is 4.15. The Morgan fingerprint density at radius 3 is 2.76 bits per heavy atom. The summed E-state index contributed by atoms with van der Waals surface area (Å²) in [6.07, 6.45) is 6.91. The van der Waals surface area contributed by atoms with Gasteiger partial charge in [0.25, 0.3) is 0 Å². The summed E-state index contributed by atoms with van der Waals surface area (Å²) >= 11 is 0. The van der Waals surface area contributed by atoms with E-state index < -0.39 is 0 Å². The van der Waals surface area contributed by atoms with Crippen LogP contribution in [0.5, 0.6) is 0 Å². The van der Waals surface area contributed by atoms with Crippen molar-refractivity contribution in [2.75, 3.05) is 13.1 Å². The van der Waals surface area contributed by atoms with E-state index in [0.29, 0.717) is 12.5 Å². The zero-order valence-electron chi connectivity index (χ0n) is 12.1. The van der Waals surface area contributed by atoms with Crippen LogP contribution in [0.15, 0.2) is 48.9 Å². The minimum absolute atomic E-state index is 0.268. The molecule has 0 amide bonds. The summed E-state index contributed by atoms with van der Waals surface area (Å²) < 4.78 is 0. The topological polar surface area (TPSA) is 49.2 Å². The molecule has 1 fully saturated rings. The molecule has 4 nitrogen and oxygen atoms in total. The van der Waals surface area contributed by atoms with Crippen molar-refractivity contribution in [1.82, 2.24) is 14.9 Å². The highest BCUT2D eigenvalue weighted by Gasteiger charge is 2.27. The maximum absolute atomic E-state index is 10.4. The molecule has 0 radical (unpaired) electrons. The Labute approximate surface area is 125 Å². The van der Waals surface area contributed by atoms with Gasteiger partial charge in [0.15, 0.2) is 0 Å². The van der Waals surface area contributed by atoms with Gasteiger partial charge in [-0.2, -0.15) is 0 Å². The number of aliphatic hydroxyl groups is 1. The number of benzene rings is 1. The standard InChI is InChI=1S/C17H21N3O/c21-17-13-20(12-16-11-18-7-8-19-16)9-6-15(17)10-14-4-2-1-3-5-14/h1-5,7-8,11,15,17,21H,6,9-10,12-13H2/t15-,17+/m1/s1. The molecule has 0 bridgehead atoms. The average Bonchev–Trinajstić information content (AvgIpc) is 2.52. The van der Waals surface area contributed by atoms with Crippen LogP contribution in [-0.4, -0.2) is 39.2 Å². The zero-order chi connectivity index (χ0) is 14.5. The Bertz CT molecular complexity index is 546. The highest BCUT2D eigenvalue weighted by molar-refractivity contribution is 5.15. The molecule has 0 unspecified atom stereocenters. The maximum Gasteiger partial charge on any atom is 0.0726 e.